The Kier molecular flexibility index (Phi) is 2.93. The molecule has 0 N–H and O–H groups in total. The van der Waals surface area contributed by atoms with Gasteiger partial charge in [0, 0.05) is 10.1 Å². The minimum absolute atomic E-state index is 0.342. The molecule has 4 nitrogen and oxygen atoms in total. The zero-order chi connectivity index (χ0) is 13.2. The van der Waals surface area contributed by atoms with E-state index in [1.54, 1.807) is 29.2 Å². The fraction of sp³-hybridized carbons (Fsp3) is 0. The van der Waals surface area contributed by atoms with E-state index in [0.29, 0.717) is 10.7 Å². The quantitative estimate of drug-likeness (QED) is 0.668. The Morgan fingerprint density at radius 2 is 1.84 bits per heavy atom. The topological polar surface area (TPSA) is 44.8 Å². The zero-order valence-corrected chi connectivity index (χ0v) is 10.7. The van der Waals surface area contributed by atoms with Crippen molar-refractivity contribution in [2.45, 2.75) is 0 Å². The molecule has 0 atom stereocenters. The molecule has 1 aromatic heterocycles. The maximum absolute atomic E-state index is 11.9. The highest BCUT2D eigenvalue weighted by atomic mass is 35.5. The molecule has 0 saturated carbocycles. The van der Waals surface area contributed by atoms with Crippen molar-refractivity contribution in [3.8, 4) is 17.4 Å². The molecule has 0 fully saturated rings. The molecule has 5 heteroatoms. The van der Waals surface area contributed by atoms with Crippen LogP contribution in [-0.2, 0) is 0 Å². The van der Waals surface area contributed by atoms with E-state index in [1.807, 2.05) is 36.4 Å². The number of nitrogens with zero attached hydrogens (tertiary/aromatic N) is 3. The van der Waals surface area contributed by atoms with Crippen LogP contribution in [0.2, 0.25) is 5.02 Å². The molecular weight excluding hydrogens is 262 g/mol. The molecule has 0 aliphatic carbocycles. The molecule has 3 aromatic rings. The molecular formula is C14H10ClN3O. The van der Waals surface area contributed by atoms with Crippen molar-refractivity contribution in [2.24, 2.45) is 0 Å². The van der Waals surface area contributed by atoms with Gasteiger partial charge in [-0.1, -0.05) is 40.5 Å². The van der Waals surface area contributed by atoms with E-state index in [0.717, 1.165) is 5.69 Å². The van der Waals surface area contributed by atoms with E-state index in [1.165, 1.54) is 4.57 Å². The van der Waals surface area contributed by atoms with Gasteiger partial charge >= 0.3 is 0 Å². The second-order valence-corrected chi connectivity index (χ2v) is 4.46. The lowest BCUT2D eigenvalue weighted by Crippen LogP contribution is -2.32. The fourth-order valence-corrected chi connectivity index (χ4v) is 2.02. The number of aromatic nitrogens is 3. The van der Waals surface area contributed by atoms with Crippen LogP contribution >= 0.6 is 11.6 Å². The van der Waals surface area contributed by atoms with E-state index in [9.17, 15) is 5.11 Å². The van der Waals surface area contributed by atoms with Crippen molar-refractivity contribution in [2.75, 3.05) is 0 Å². The van der Waals surface area contributed by atoms with Crippen LogP contribution in [0.3, 0.4) is 0 Å². The number of benzene rings is 2. The van der Waals surface area contributed by atoms with Crippen molar-refractivity contribution in [3.05, 3.63) is 65.9 Å². The summed E-state index contributed by atoms with van der Waals surface area (Å²) in [5.74, 6) is 0. The smallest absolute Gasteiger partial charge is 0.250 e. The number of para-hydroxylation sites is 1. The van der Waals surface area contributed by atoms with Crippen LogP contribution in [0.4, 0.5) is 0 Å². The first-order valence-electron chi connectivity index (χ1n) is 5.74. The first-order chi connectivity index (χ1) is 9.24. The van der Waals surface area contributed by atoms with Crippen molar-refractivity contribution in [1.82, 2.24) is 9.78 Å². The average Bonchev–Trinajstić information content (AvgIpc) is 2.82. The Morgan fingerprint density at radius 3 is 2.58 bits per heavy atom. The van der Waals surface area contributed by atoms with E-state index in [2.05, 4.69) is 5.10 Å². The van der Waals surface area contributed by atoms with E-state index < -0.39 is 0 Å². The van der Waals surface area contributed by atoms with Crippen LogP contribution < -0.4 is 9.67 Å². The molecule has 0 spiro atoms. The summed E-state index contributed by atoms with van der Waals surface area (Å²) < 4.78 is 3.00. The zero-order valence-electron chi connectivity index (χ0n) is 9.90. The van der Waals surface area contributed by atoms with Gasteiger partial charge in [0.25, 0.3) is 0 Å². The molecule has 0 saturated heterocycles. The van der Waals surface area contributed by atoms with Gasteiger partial charge < -0.3 is 5.11 Å². The second kappa shape index (κ2) is 4.74. The molecule has 0 aliphatic heterocycles. The molecule has 0 aliphatic rings. The van der Waals surface area contributed by atoms with Crippen LogP contribution in [0.25, 0.3) is 11.4 Å². The molecule has 0 amide bonds. The maximum Gasteiger partial charge on any atom is 0.250 e. The monoisotopic (exact) mass is 271 g/mol. The summed E-state index contributed by atoms with van der Waals surface area (Å²) in [6, 6.07) is 16.2. The summed E-state index contributed by atoms with van der Waals surface area (Å²) >= 11 is 5.93. The van der Waals surface area contributed by atoms with Gasteiger partial charge in [-0.2, -0.15) is 0 Å². The lowest BCUT2D eigenvalue weighted by atomic mass is 10.3. The minimum atomic E-state index is -0.342. The predicted octanol–water partition coefficient (Wildman–Crippen LogP) is 1.88. The Bertz CT molecular complexity index is 710. The van der Waals surface area contributed by atoms with Gasteiger partial charge in [0.15, 0.2) is 0 Å². The molecule has 94 valence electrons. The Morgan fingerprint density at radius 1 is 1.05 bits per heavy atom. The van der Waals surface area contributed by atoms with Crippen molar-refractivity contribution >= 4 is 11.6 Å². The highest BCUT2D eigenvalue weighted by Gasteiger charge is 2.12. The summed E-state index contributed by atoms with van der Waals surface area (Å²) in [5, 5.41) is 16.5. The third-order valence-corrected chi connectivity index (χ3v) is 2.97. The summed E-state index contributed by atoms with van der Waals surface area (Å²) in [6.45, 7) is 0. The van der Waals surface area contributed by atoms with Gasteiger partial charge in [-0.15, -0.1) is 0 Å². The Balaban J connectivity index is 2.08. The van der Waals surface area contributed by atoms with Crippen LogP contribution in [0.1, 0.15) is 0 Å². The van der Waals surface area contributed by atoms with Crippen LogP contribution in [-0.4, -0.2) is 9.78 Å². The molecule has 3 rings (SSSR count). The lowest BCUT2D eigenvalue weighted by molar-refractivity contribution is -0.651. The van der Waals surface area contributed by atoms with Crippen molar-refractivity contribution in [3.63, 3.8) is 0 Å². The minimum Gasteiger partial charge on any atom is -0.817 e. The number of rotatable bonds is 2. The van der Waals surface area contributed by atoms with Gasteiger partial charge in [0.2, 0.25) is 12.3 Å². The van der Waals surface area contributed by atoms with E-state index in [4.69, 9.17) is 11.6 Å². The van der Waals surface area contributed by atoms with Gasteiger partial charge in [0.1, 0.15) is 11.4 Å². The largest absolute Gasteiger partial charge is 0.817 e. The van der Waals surface area contributed by atoms with Crippen LogP contribution in [0.15, 0.2) is 60.9 Å². The molecule has 0 unspecified atom stereocenters. The SMILES string of the molecule is [O-]c1nn(-c2ccccc2)c[n+]1-c1cccc(Cl)c1. The van der Waals surface area contributed by atoms with Crippen LogP contribution in [0.5, 0.6) is 6.01 Å². The van der Waals surface area contributed by atoms with Gasteiger partial charge in [-0.25, -0.2) is 4.57 Å². The fourth-order valence-electron chi connectivity index (χ4n) is 1.83. The molecule has 2 aromatic carbocycles. The Hall–Kier alpha value is -2.33. The normalized spacial score (nSPS) is 10.6. The Labute approximate surface area is 115 Å². The summed E-state index contributed by atoms with van der Waals surface area (Å²) in [7, 11) is 0. The average molecular weight is 272 g/mol. The maximum atomic E-state index is 11.9. The molecule has 0 bridgehead atoms. The highest BCUT2D eigenvalue weighted by molar-refractivity contribution is 6.30. The number of halogens is 1. The predicted molar refractivity (Wildman–Crippen MR) is 69.6 cm³/mol. The molecule has 19 heavy (non-hydrogen) atoms. The first-order valence-corrected chi connectivity index (χ1v) is 6.11. The molecule has 1 heterocycles. The number of hydrogen-bond donors (Lipinski definition) is 0. The van der Waals surface area contributed by atoms with Crippen LogP contribution in [0, 0.1) is 0 Å². The molecule has 0 radical (unpaired) electrons. The van der Waals surface area contributed by atoms with Gasteiger partial charge in [-0.05, 0) is 30.3 Å². The standard InChI is InChI=1S/C14H10ClN3O/c15-11-5-4-8-13(9-11)17-10-18(16-14(17)19)12-6-2-1-3-7-12/h1-10H. The summed E-state index contributed by atoms with van der Waals surface area (Å²) in [4.78, 5) is 0. The summed E-state index contributed by atoms with van der Waals surface area (Å²) in [6.07, 6.45) is 1.64. The van der Waals surface area contributed by atoms with Crippen molar-refractivity contribution < 1.29 is 9.67 Å². The third-order valence-electron chi connectivity index (χ3n) is 2.73. The lowest BCUT2D eigenvalue weighted by Gasteiger charge is -2.01. The second-order valence-electron chi connectivity index (χ2n) is 4.03. The van der Waals surface area contributed by atoms with Gasteiger partial charge in [-0.3, -0.25) is 0 Å². The van der Waals surface area contributed by atoms with E-state index in [-0.39, 0.29) is 6.01 Å². The van der Waals surface area contributed by atoms with Crippen molar-refractivity contribution in [1.29, 1.82) is 0 Å². The number of hydrogen-bond acceptors (Lipinski definition) is 2. The first kappa shape index (κ1) is 11.7. The van der Waals surface area contributed by atoms with E-state index >= 15 is 0 Å². The van der Waals surface area contributed by atoms with Gasteiger partial charge in [0.05, 0.1) is 0 Å². The third kappa shape index (κ3) is 2.30. The summed E-state index contributed by atoms with van der Waals surface area (Å²) in [5.41, 5.74) is 1.53. The highest BCUT2D eigenvalue weighted by Crippen LogP contribution is 2.12.